The molecule has 0 fully saturated rings. The molecule has 0 saturated heterocycles. The van der Waals surface area contributed by atoms with Gasteiger partial charge in [0.15, 0.2) is 0 Å². The second kappa shape index (κ2) is 5.92. The highest BCUT2D eigenvalue weighted by Crippen LogP contribution is 2.38. The molecule has 0 N–H and O–H groups in total. The van der Waals surface area contributed by atoms with Crippen LogP contribution >= 0.6 is 21.6 Å². The number of rotatable bonds is 3. The Labute approximate surface area is 117 Å². The van der Waals surface area contributed by atoms with Crippen LogP contribution in [0, 0.1) is 6.92 Å². The normalized spacial score (nSPS) is 11.6. The average Bonchev–Trinajstić information content (AvgIpc) is 2.37. The molecule has 5 heteroatoms. The van der Waals surface area contributed by atoms with Gasteiger partial charge in [0, 0.05) is 9.79 Å². The summed E-state index contributed by atoms with van der Waals surface area (Å²) in [7, 11) is 2.98. The Bertz CT molecular complexity index is 530. The molecule has 2 aromatic carbocycles. The molecule has 0 nitrogen and oxygen atoms in total. The van der Waals surface area contributed by atoms with Gasteiger partial charge in [-0.3, -0.25) is 0 Å². The molecule has 0 aromatic heterocycles. The lowest BCUT2D eigenvalue weighted by Gasteiger charge is -2.07. The second-order valence-electron chi connectivity index (χ2n) is 4.00. The SMILES string of the molecule is Cc1ccc(SSc2ccc(C(F)(F)F)cc2)cc1. The second-order valence-corrected chi connectivity index (χ2v) is 6.28. The summed E-state index contributed by atoms with van der Waals surface area (Å²) in [6, 6.07) is 13.2. The van der Waals surface area contributed by atoms with Crippen molar-refractivity contribution < 1.29 is 13.2 Å². The first-order valence-corrected chi connectivity index (χ1v) is 7.68. The zero-order valence-corrected chi connectivity index (χ0v) is 11.7. The third-order valence-electron chi connectivity index (χ3n) is 2.44. The van der Waals surface area contributed by atoms with E-state index in [9.17, 15) is 13.2 Å². The van der Waals surface area contributed by atoms with Gasteiger partial charge in [0.2, 0.25) is 0 Å². The van der Waals surface area contributed by atoms with Crippen molar-refractivity contribution in [3.8, 4) is 0 Å². The lowest BCUT2D eigenvalue weighted by Crippen LogP contribution is -2.03. The number of hydrogen-bond acceptors (Lipinski definition) is 2. The lowest BCUT2D eigenvalue weighted by molar-refractivity contribution is -0.137. The van der Waals surface area contributed by atoms with Gasteiger partial charge in [0.05, 0.1) is 5.56 Å². The molecule has 2 aromatic rings. The van der Waals surface area contributed by atoms with Crippen LogP contribution in [0.4, 0.5) is 13.2 Å². The maximum absolute atomic E-state index is 12.4. The van der Waals surface area contributed by atoms with E-state index in [0.717, 1.165) is 21.9 Å². The van der Waals surface area contributed by atoms with Crippen LogP contribution in [0.1, 0.15) is 11.1 Å². The number of aryl methyl sites for hydroxylation is 1. The van der Waals surface area contributed by atoms with Gasteiger partial charge < -0.3 is 0 Å². The van der Waals surface area contributed by atoms with Crippen LogP contribution in [0.25, 0.3) is 0 Å². The minimum atomic E-state index is -4.27. The fourth-order valence-electron chi connectivity index (χ4n) is 1.39. The highest BCUT2D eigenvalue weighted by atomic mass is 33.1. The topological polar surface area (TPSA) is 0 Å². The molecular weight excluding hydrogens is 289 g/mol. The van der Waals surface area contributed by atoms with Gasteiger partial charge in [-0.15, -0.1) is 0 Å². The third kappa shape index (κ3) is 4.21. The van der Waals surface area contributed by atoms with E-state index in [1.807, 2.05) is 31.2 Å². The molecule has 0 saturated carbocycles. The van der Waals surface area contributed by atoms with Crippen LogP contribution in [0.2, 0.25) is 0 Å². The predicted octanol–water partition coefficient (Wildman–Crippen LogP) is 5.81. The number of alkyl halides is 3. The van der Waals surface area contributed by atoms with Gasteiger partial charge in [-0.1, -0.05) is 39.3 Å². The Morgan fingerprint density at radius 3 is 1.58 bits per heavy atom. The molecule has 2 rings (SSSR count). The van der Waals surface area contributed by atoms with Crippen LogP contribution < -0.4 is 0 Å². The van der Waals surface area contributed by atoms with Crippen LogP contribution in [0.5, 0.6) is 0 Å². The molecule has 0 radical (unpaired) electrons. The first-order chi connectivity index (χ1) is 8.95. The summed E-state index contributed by atoms with van der Waals surface area (Å²) in [6.07, 6.45) is -4.27. The number of benzene rings is 2. The van der Waals surface area contributed by atoms with Gasteiger partial charge in [-0.25, -0.2) is 0 Å². The smallest absolute Gasteiger partial charge is 0.166 e. The van der Waals surface area contributed by atoms with Crippen molar-refractivity contribution in [2.45, 2.75) is 22.9 Å². The van der Waals surface area contributed by atoms with Crippen molar-refractivity contribution >= 4 is 21.6 Å². The summed E-state index contributed by atoms with van der Waals surface area (Å²) < 4.78 is 37.2. The van der Waals surface area contributed by atoms with E-state index in [2.05, 4.69) is 0 Å². The molecule has 0 heterocycles. The summed E-state index contributed by atoms with van der Waals surface area (Å²) in [4.78, 5) is 1.88. The molecule has 0 spiro atoms. The quantitative estimate of drug-likeness (QED) is 0.656. The van der Waals surface area contributed by atoms with E-state index in [-0.39, 0.29) is 0 Å². The van der Waals surface area contributed by atoms with Crippen molar-refractivity contribution in [1.82, 2.24) is 0 Å². The molecule has 0 atom stereocenters. The molecule has 19 heavy (non-hydrogen) atoms. The Balaban J connectivity index is 1.98. The predicted molar refractivity (Wildman–Crippen MR) is 74.3 cm³/mol. The summed E-state index contributed by atoms with van der Waals surface area (Å²) >= 11 is 0. The third-order valence-corrected chi connectivity index (χ3v) is 4.85. The Hall–Kier alpha value is -1.07. The Morgan fingerprint density at radius 2 is 1.16 bits per heavy atom. The maximum Gasteiger partial charge on any atom is 0.416 e. The monoisotopic (exact) mass is 300 g/mol. The zero-order chi connectivity index (χ0) is 13.9. The van der Waals surface area contributed by atoms with Crippen LogP contribution in [0.3, 0.4) is 0 Å². The van der Waals surface area contributed by atoms with Crippen molar-refractivity contribution in [3.05, 3.63) is 59.7 Å². The summed E-state index contributed by atoms with van der Waals surface area (Å²) in [5, 5.41) is 0. The fourth-order valence-corrected chi connectivity index (χ4v) is 3.32. The first kappa shape index (κ1) is 14.3. The van der Waals surface area contributed by atoms with Crippen LogP contribution in [-0.4, -0.2) is 0 Å². The van der Waals surface area contributed by atoms with Crippen LogP contribution in [-0.2, 0) is 6.18 Å². The van der Waals surface area contributed by atoms with Gasteiger partial charge >= 0.3 is 6.18 Å². The maximum atomic E-state index is 12.4. The van der Waals surface area contributed by atoms with Gasteiger partial charge in [0.25, 0.3) is 0 Å². The zero-order valence-electron chi connectivity index (χ0n) is 10.1. The van der Waals surface area contributed by atoms with Crippen LogP contribution in [0.15, 0.2) is 58.3 Å². The number of hydrogen-bond donors (Lipinski definition) is 0. The Kier molecular flexibility index (Phi) is 4.47. The molecule has 0 aliphatic heterocycles. The van der Waals surface area contributed by atoms with Gasteiger partial charge in [0.1, 0.15) is 0 Å². The van der Waals surface area contributed by atoms with E-state index in [4.69, 9.17) is 0 Å². The highest BCUT2D eigenvalue weighted by Gasteiger charge is 2.29. The standard InChI is InChI=1S/C14H11F3S2/c1-10-2-6-12(7-3-10)18-19-13-8-4-11(5-9-13)14(15,16)17/h2-9H,1H3. The van der Waals surface area contributed by atoms with E-state index in [1.165, 1.54) is 39.3 Å². The number of halogens is 3. The average molecular weight is 300 g/mol. The lowest BCUT2D eigenvalue weighted by atomic mass is 10.2. The van der Waals surface area contributed by atoms with Gasteiger partial charge in [-0.05, 0) is 43.3 Å². The molecule has 100 valence electrons. The van der Waals surface area contributed by atoms with Crippen molar-refractivity contribution in [3.63, 3.8) is 0 Å². The minimum absolute atomic E-state index is 0.614. The fraction of sp³-hybridized carbons (Fsp3) is 0.143. The largest absolute Gasteiger partial charge is 0.416 e. The van der Waals surface area contributed by atoms with Gasteiger partial charge in [-0.2, -0.15) is 13.2 Å². The van der Waals surface area contributed by atoms with Crippen molar-refractivity contribution in [1.29, 1.82) is 0 Å². The van der Waals surface area contributed by atoms with E-state index >= 15 is 0 Å². The summed E-state index contributed by atoms with van der Waals surface area (Å²) in [5.41, 5.74) is 0.570. The molecule has 0 aliphatic carbocycles. The van der Waals surface area contributed by atoms with Crippen molar-refractivity contribution in [2.75, 3.05) is 0 Å². The highest BCUT2D eigenvalue weighted by molar-refractivity contribution is 8.76. The molecular formula is C14H11F3S2. The Morgan fingerprint density at radius 1 is 0.737 bits per heavy atom. The first-order valence-electron chi connectivity index (χ1n) is 5.53. The molecule has 0 aliphatic rings. The molecule has 0 unspecified atom stereocenters. The van der Waals surface area contributed by atoms with E-state index in [0.29, 0.717) is 0 Å². The molecule has 0 amide bonds. The van der Waals surface area contributed by atoms with Crippen molar-refractivity contribution in [2.24, 2.45) is 0 Å². The molecule has 0 bridgehead atoms. The minimum Gasteiger partial charge on any atom is -0.166 e. The summed E-state index contributed by atoms with van der Waals surface area (Å²) in [5.74, 6) is 0. The van der Waals surface area contributed by atoms with E-state index in [1.54, 1.807) is 0 Å². The van der Waals surface area contributed by atoms with E-state index < -0.39 is 11.7 Å². The summed E-state index contributed by atoms with van der Waals surface area (Å²) in [6.45, 7) is 2.01.